The number of unbranched alkanes of at least 4 members (excludes halogenated alkanes) is 3. The number of fused-ring (bicyclic) bond motifs is 2. The minimum atomic E-state index is -4.57. The Labute approximate surface area is 432 Å². The minimum absolute atomic E-state index is 0.0532. The zero-order chi connectivity index (χ0) is 53.6. The Kier molecular flexibility index (Phi) is 21.0. The predicted octanol–water partition coefficient (Wildman–Crippen LogP) is 10.3. The van der Waals surface area contributed by atoms with Crippen molar-refractivity contribution in [1.29, 1.82) is 0 Å². The summed E-state index contributed by atoms with van der Waals surface area (Å²) in [5.74, 6) is -2.83. The van der Waals surface area contributed by atoms with Crippen LogP contribution in [0.15, 0.2) is 114 Å². The maximum Gasteiger partial charge on any atom is 0.294 e. The molecule has 0 saturated carbocycles. The number of nitrogens with zero attached hydrogens (tertiary/aromatic N) is 2. The van der Waals surface area contributed by atoms with Gasteiger partial charge in [-0.2, -0.15) is 21.4 Å². The molecule has 3 N–H and O–H groups in total. The third-order valence-electron chi connectivity index (χ3n) is 14.2. The monoisotopic (exact) mass is 1040 g/mol. The van der Waals surface area contributed by atoms with Crippen molar-refractivity contribution >= 4 is 60.6 Å². The fourth-order valence-corrected chi connectivity index (χ4v) is 11.3. The van der Waals surface area contributed by atoms with Crippen molar-refractivity contribution in [2.24, 2.45) is 11.8 Å². The van der Waals surface area contributed by atoms with E-state index in [1.165, 1.54) is 29.1 Å². The van der Waals surface area contributed by atoms with Gasteiger partial charge in [0, 0.05) is 79.1 Å². The number of amides is 1. The molecule has 2 aliphatic heterocycles. The Balaban J connectivity index is 1.21. The molecule has 2 unspecified atom stereocenters. The Bertz CT molecular complexity index is 2800. The van der Waals surface area contributed by atoms with Crippen LogP contribution < -0.4 is 10.2 Å². The van der Waals surface area contributed by atoms with Crippen LogP contribution in [0, 0.1) is 11.8 Å². The maximum absolute atomic E-state index is 13.5. The van der Waals surface area contributed by atoms with Gasteiger partial charge in [-0.15, -0.1) is 0 Å². The lowest BCUT2D eigenvalue weighted by atomic mass is 9.77. The molecule has 16 heteroatoms. The molecule has 3 atom stereocenters. The van der Waals surface area contributed by atoms with E-state index >= 15 is 0 Å². The first-order valence-corrected chi connectivity index (χ1v) is 28.7. The van der Waals surface area contributed by atoms with Crippen LogP contribution >= 0.6 is 0 Å². The molecule has 0 aliphatic carbocycles. The highest BCUT2D eigenvalue weighted by molar-refractivity contribution is 7.86. The van der Waals surface area contributed by atoms with E-state index in [-0.39, 0.29) is 72.4 Å². The van der Waals surface area contributed by atoms with Gasteiger partial charge < -0.3 is 10.2 Å². The fourth-order valence-electron chi connectivity index (χ4n) is 10.3. The average Bonchev–Trinajstić information content (AvgIpc) is 3.69. The standard InChI is InChI=1S/C57H74FN3O10S2/c1-7-34-60-48-27-18-17-26-46(48)56(4,5)52(60)28-14-9-15-29-53-57(6,47-39-45(73(69,70)71)31-32-49(47)61(53)35-21-36-72(66,67)68)33-20-10-13-24-44(62)25-16-19-30-54(65)59-55(41(2)3)50(63)38-43(51(64)40-58)37-42-22-11-8-12-23-42/h8-9,11-12,14-15,17-18,22-23,26-29,31-32,39,41,43,55H,7,10,13,16,19-21,24-25,30,33-38,40H2,1-6H3,(H2-,59,65,66,67,68,69,70,71)/p+1/t43?,55-,57?/m1/s1. The lowest BCUT2D eigenvalue weighted by Crippen LogP contribution is -2.45. The molecular weight excluding hydrogens is 970 g/mol. The summed E-state index contributed by atoms with van der Waals surface area (Å²) < 4.78 is 84.0. The normalized spacial score (nSPS) is 17.9. The summed E-state index contributed by atoms with van der Waals surface area (Å²) in [6.07, 6.45) is 15.0. The molecule has 0 bridgehead atoms. The van der Waals surface area contributed by atoms with Gasteiger partial charge in [0.1, 0.15) is 19.0 Å². The molecular formula is C57H75FN3O10S2+. The second-order valence-corrected chi connectivity index (χ2v) is 23.5. The van der Waals surface area contributed by atoms with Gasteiger partial charge in [0.05, 0.1) is 22.1 Å². The molecule has 2 heterocycles. The van der Waals surface area contributed by atoms with Crippen LogP contribution in [-0.2, 0) is 56.7 Å². The summed E-state index contributed by atoms with van der Waals surface area (Å²) in [7, 11) is -8.83. The molecule has 0 radical (unpaired) electrons. The second-order valence-electron chi connectivity index (χ2n) is 20.5. The van der Waals surface area contributed by atoms with Gasteiger partial charge in [-0.1, -0.05) is 100 Å². The molecule has 5 rings (SSSR count). The number of rotatable bonds is 30. The van der Waals surface area contributed by atoms with Crippen LogP contribution in [0.1, 0.15) is 135 Å². The summed E-state index contributed by atoms with van der Waals surface area (Å²) in [5.41, 5.74) is 5.49. The van der Waals surface area contributed by atoms with E-state index < -0.39 is 55.8 Å². The highest BCUT2D eigenvalue weighted by Crippen LogP contribution is 2.51. The number of hydrogen-bond donors (Lipinski definition) is 3. The van der Waals surface area contributed by atoms with Crippen molar-refractivity contribution in [3.8, 4) is 0 Å². The van der Waals surface area contributed by atoms with Gasteiger partial charge in [0.15, 0.2) is 17.3 Å². The molecule has 1 amide bonds. The maximum atomic E-state index is 13.5. The number of carbonyl (C=O) groups excluding carboxylic acids is 4. The fraction of sp³-hybridized carbons (Fsp3) is 0.491. The Morgan fingerprint density at radius 2 is 1.47 bits per heavy atom. The van der Waals surface area contributed by atoms with Gasteiger partial charge in [-0.05, 0) is 101 Å². The zero-order valence-electron chi connectivity index (χ0n) is 43.3. The number of Topliss-reactive ketones (excluding diaryl/α,β-unsaturated/α-hetero) is 3. The number of halogens is 1. The van der Waals surface area contributed by atoms with Gasteiger partial charge in [-0.25, -0.2) is 4.39 Å². The van der Waals surface area contributed by atoms with Crippen LogP contribution in [0.2, 0.25) is 0 Å². The molecule has 0 fully saturated rings. The number of carbonyl (C=O) groups is 4. The SMILES string of the molecule is CCC[N+]1=C(C=CC=CC=C2N(CCCS(=O)(=O)O)c3ccc(S(=O)(=O)O)cc3C2(C)CCCCCC(=O)CCCCC(=O)N[C@@H](C(=O)CC(Cc2ccccc2)C(=O)CF)C(C)C)C(C)(C)c2ccccc21. The predicted molar refractivity (Wildman–Crippen MR) is 285 cm³/mol. The topological polar surface area (TPSA) is 195 Å². The van der Waals surface area contributed by atoms with Crippen molar-refractivity contribution in [3.63, 3.8) is 0 Å². The van der Waals surface area contributed by atoms with Crippen LogP contribution in [0.5, 0.6) is 0 Å². The van der Waals surface area contributed by atoms with Gasteiger partial charge in [0.2, 0.25) is 11.6 Å². The number of hydrogen-bond acceptors (Lipinski definition) is 9. The summed E-state index contributed by atoms with van der Waals surface area (Å²) in [6.45, 7) is 12.1. The van der Waals surface area contributed by atoms with Gasteiger partial charge in [0.25, 0.3) is 20.2 Å². The summed E-state index contributed by atoms with van der Waals surface area (Å²) >= 11 is 0. The van der Waals surface area contributed by atoms with Crippen LogP contribution in [0.3, 0.4) is 0 Å². The van der Waals surface area contributed by atoms with E-state index in [0.29, 0.717) is 56.2 Å². The molecule has 0 spiro atoms. The molecule has 0 aromatic heterocycles. The largest absolute Gasteiger partial charge is 0.346 e. The number of allylic oxidation sites excluding steroid dienone is 6. The highest BCUT2D eigenvalue weighted by Gasteiger charge is 2.45. The summed E-state index contributed by atoms with van der Waals surface area (Å²) in [4.78, 5) is 53.5. The number of nitrogens with one attached hydrogen (secondary N) is 1. The first kappa shape index (κ1) is 58.5. The first-order valence-electron chi connectivity index (χ1n) is 25.6. The first-order chi connectivity index (χ1) is 34.5. The van der Waals surface area contributed by atoms with Crippen molar-refractivity contribution in [2.75, 3.05) is 30.4 Å². The van der Waals surface area contributed by atoms with Crippen molar-refractivity contribution in [3.05, 3.63) is 126 Å². The van der Waals surface area contributed by atoms with Crippen LogP contribution in [-0.4, -0.2) is 91.0 Å². The van der Waals surface area contributed by atoms with Crippen molar-refractivity contribution in [1.82, 2.24) is 5.32 Å². The molecule has 0 saturated heterocycles. The zero-order valence-corrected chi connectivity index (χ0v) is 45.0. The Hall–Kier alpha value is -5.42. The van der Waals surface area contributed by atoms with E-state index in [4.69, 9.17) is 0 Å². The van der Waals surface area contributed by atoms with E-state index in [1.54, 1.807) is 19.9 Å². The number of para-hydroxylation sites is 1. The van der Waals surface area contributed by atoms with E-state index in [0.717, 1.165) is 24.2 Å². The molecule has 396 valence electrons. The summed E-state index contributed by atoms with van der Waals surface area (Å²) in [6, 6.07) is 21.1. The molecule has 3 aromatic carbocycles. The Morgan fingerprint density at radius 3 is 2.12 bits per heavy atom. The Morgan fingerprint density at radius 1 is 0.795 bits per heavy atom. The van der Waals surface area contributed by atoms with Gasteiger partial charge >= 0.3 is 0 Å². The molecule has 13 nitrogen and oxygen atoms in total. The lowest BCUT2D eigenvalue weighted by Gasteiger charge is -2.30. The summed E-state index contributed by atoms with van der Waals surface area (Å²) in [5, 5.41) is 2.81. The van der Waals surface area contributed by atoms with Crippen molar-refractivity contribution in [2.45, 2.75) is 147 Å². The number of anilines is 1. The number of benzene rings is 3. The smallest absolute Gasteiger partial charge is 0.294 e. The quantitative estimate of drug-likeness (QED) is 0.0249. The minimum Gasteiger partial charge on any atom is -0.346 e. The van der Waals surface area contributed by atoms with Crippen LogP contribution in [0.4, 0.5) is 15.8 Å². The van der Waals surface area contributed by atoms with Gasteiger partial charge in [-0.3, -0.25) is 28.3 Å². The van der Waals surface area contributed by atoms with E-state index in [9.17, 15) is 49.5 Å². The average molecular weight is 1050 g/mol. The number of alkyl halides is 1. The number of ketones is 3. The van der Waals surface area contributed by atoms with Crippen LogP contribution in [0.25, 0.3) is 0 Å². The second kappa shape index (κ2) is 26.2. The molecule has 2 aliphatic rings. The van der Waals surface area contributed by atoms with E-state index in [1.807, 2.05) is 72.5 Å². The molecule has 3 aromatic rings. The molecule has 73 heavy (non-hydrogen) atoms. The third-order valence-corrected chi connectivity index (χ3v) is 15.9. The van der Waals surface area contributed by atoms with Crippen molar-refractivity contribution < 1.29 is 54.1 Å². The van der Waals surface area contributed by atoms with E-state index in [2.05, 4.69) is 54.9 Å². The lowest BCUT2D eigenvalue weighted by molar-refractivity contribution is -0.437. The third kappa shape index (κ3) is 15.8. The highest BCUT2D eigenvalue weighted by atomic mass is 32.2.